The number of nitrogens with zero attached hydrogens (tertiary/aromatic N) is 3. The number of aryl methyl sites for hydroxylation is 2. The van der Waals surface area contributed by atoms with E-state index in [9.17, 15) is 9.18 Å². The van der Waals surface area contributed by atoms with Gasteiger partial charge in [0, 0.05) is 5.69 Å². The number of carbonyl (C=O) groups is 1. The van der Waals surface area contributed by atoms with Gasteiger partial charge in [0.15, 0.2) is 0 Å². The molecule has 0 radical (unpaired) electrons. The van der Waals surface area contributed by atoms with Crippen molar-refractivity contribution in [3.8, 4) is 0 Å². The fraction of sp³-hybridized carbons (Fsp3) is 0.211. The van der Waals surface area contributed by atoms with Crippen LogP contribution < -0.4 is 10.7 Å². The Morgan fingerprint density at radius 1 is 1.11 bits per heavy atom. The van der Waals surface area contributed by atoms with Crippen molar-refractivity contribution in [2.24, 2.45) is 0 Å². The fourth-order valence-electron chi connectivity index (χ4n) is 2.93. The van der Waals surface area contributed by atoms with Crippen molar-refractivity contribution in [2.45, 2.75) is 30.3 Å². The van der Waals surface area contributed by atoms with Gasteiger partial charge in [-0.15, -0.1) is 10.2 Å². The third-order valence-electron chi connectivity index (χ3n) is 4.41. The van der Waals surface area contributed by atoms with Crippen molar-refractivity contribution in [2.75, 3.05) is 10.7 Å². The van der Waals surface area contributed by atoms with Crippen LogP contribution in [0.1, 0.15) is 23.0 Å². The van der Waals surface area contributed by atoms with Gasteiger partial charge in [-0.2, -0.15) is 0 Å². The maximum atomic E-state index is 13.1. The van der Waals surface area contributed by atoms with E-state index in [4.69, 9.17) is 0 Å². The maximum absolute atomic E-state index is 13.1. The molecule has 0 saturated heterocycles. The molecular weight excluding hydrogens is 365 g/mol. The van der Waals surface area contributed by atoms with Gasteiger partial charge in [-0.3, -0.25) is 4.79 Å². The Morgan fingerprint density at radius 3 is 2.52 bits per heavy atom. The van der Waals surface area contributed by atoms with Gasteiger partial charge in [0.1, 0.15) is 16.9 Å². The summed E-state index contributed by atoms with van der Waals surface area (Å²) in [5.74, 6) is 0.200. The number of anilines is 1. The first kappa shape index (κ1) is 17.5. The molecule has 2 N–H and O–H groups in total. The zero-order valence-corrected chi connectivity index (χ0v) is 15.6. The SMILES string of the molecule is Cc1ccc([C@H]2Nn3c(C)nnc3S[C@H]2C(=O)Nc2ccc(F)cc2)cc1. The molecule has 3 aromatic rings. The number of rotatable bonds is 3. The lowest BCUT2D eigenvalue weighted by Gasteiger charge is -2.32. The Labute approximate surface area is 160 Å². The summed E-state index contributed by atoms with van der Waals surface area (Å²) in [6.45, 7) is 3.88. The lowest BCUT2D eigenvalue weighted by Crippen LogP contribution is -2.41. The van der Waals surface area contributed by atoms with Crippen LogP contribution in [0, 0.1) is 19.7 Å². The fourth-order valence-corrected chi connectivity index (χ4v) is 4.06. The first-order valence-corrected chi connectivity index (χ1v) is 9.37. The van der Waals surface area contributed by atoms with Crippen molar-refractivity contribution in [3.05, 3.63) is 71.3 Å². The number of hydrogen-bond acceptors (Lipinski definition) is 5. The van der Waals surface area contributed by atoms with E-state index in [-0.39, 0.29) is 17.8 Å². The molecule has 0 spiro atoms. The van der Waals surface area contributed by atoms with Crippen molar-refractivity contribution >= 4 is 23.4 Å². The number of benzene rings is 2. The lowest BCUT2D eigenvalue weighted by atomic mass is 10.0. The first-order valence-electron chi connectivity index (χ1n) is 8.49. The molecule has 138 valence electrons. The molecule has 1 amide bonds. The van der Waals surface area contributed by atoms with E-state index in [1.807, 2.05) is 38.1 Å². The summed E-state index contributed by atoms with van der Waals surface area (Å²) >= 11 is 1.36. The lowest BCUT2D eigenvalue weighted by molar-refractivity contribution is -0.116. The second kappa shape index (κ2) is 7.03. The highest BCUT2D eigenvalue weighted by atomic mass is 32.2. The predicted molar refractivity (Wildman–Crippen MR) is 103 cm³/mol. The van der Waals surface area contributed by atoms with E-state index < -0.39 is 5.25 Å². The molecule has 8 heteroatoms. The second-order valence-electron chi connectivity index (χ2n) is 6.42. The second-order valence-corrected chi connectivity index (χ2v) is 7.53. The smallest absolute Gasteiger partial charge is 0.240 e. The van der Waals surface area contributed by atoms with Crippen LogP contribution in [0.3, 0.4) is 0 Å². The molecule has 1 aromatic heterocycles. The normalized spacial score (nSPS) is 18.5. The number of fused-ring (bicyclic) bond motifs is 1. The zero-order chi connectivity index (χ0) is 19.0. The number of nitrogens with one attached hydrogen (secondary N) is 2. The van der Waals surface area contributed by atoms with Crippen LogP contribution in [-0.2, 0) is 4.79 Å². The number of aromatic nitrogens is 3. The van der Waals surface area contributed by atoms with Crippen LogP contribution in [0.5, 0.6) is 0 Å². The third kappa shape index (κ3) is 3.52. The van der Waals surface area contributed by atoms with Crippen molar-refractivity contribution < 1.29 is 9.18 Å². The summed E-state index contributed by atoms with van der Waals surface area (Å²) in [5.41, 5.74) is 6.05. The number of carbonyl (C=O) groups excluding carboxylic acids is 1. The monoisotopic (exact) mass is 383 g/mol. The topological polar surface area (TPSA) is 71.8 Å². The molecule has 0 unspecified atom stereocenters. The van der Waals surface area contributed by atoms with Crippen molar-refractivity contribution in [1.29, 1.82) is 0 Å². The highest BCUT2D eigenvalue weighted by Crippen LogP contribution is 2.37. The molecule has 2 atom stereocenters. The van der Waals surface area contributed by atoms with E-state index in [1.54, 1.807) is 16.8 Å². The van der Waals surface area contributed by atoms with Crippen LogP contribution in [0.4, 0.5) is 10.1 Å². The van der Waals surface area contributed by atoms with E-state index >= 15 is 0 Å². The van der Waals surface area contributed by atoms with Gasteiger partial charge >= 0.3 is 0 Å². The molecule has 1 aliphatic rings. The Morgan fingerprint density at radius 2 is 1.81 bits per heavy atom. The van der Waals surface area contributed by atoms with Crippen LogP contribution in [0.2, 0.25) is 0 Å². The van der Waals surface area contributed by atoms with Gasteiger partial charge in [0.05, 0.1) is 6.04 Å². The van der Waals surface area contributed by atoms with E-state index in [0.29, 0.717) is 10.8 Å². The maximum Gasteiger partial charge on any atom is 0.240 e. The highest BCUT2D eigenvalue weighted by Gasteiger charge is 2.37. The Hall–Kier alpha value is -2.87. The molecule has 6 nitrogen and oxygen atoms in total. The number of halogens is 1. The average Bonchev–Trinajstić information content (AvgIpc) is 3.03. The quantitative estimate of drug-likeness (QED) is 0.725. The Kier molecular flexibility index (Phi) is 4.57. The third-order valence-corrected chi connectivity index (χ3v) is 5.62. The minimum absolute atomic E-state index is 0.184. The minimum atomic E-state index is -0.464. The van der Waals surface area contributed by atoms with Gasteiger partial charge in [0.2, 0.25) is 11.1 Å². The molecular formula is C19H18FN5OS. The predicted octanol–water partition coefficient (Wildman–Crippen LogP) is 3.43. The zero-order valence-electron chi connectivity index (χ0n) is 14.8. The number of hydrogen-bond donors (Lipinski definition) is 2. The summed E-state index contributed by atoms with van der Waals surface area (Å²) in [6, 6.07) is 13.5. The Bertz CT molecular complexity index is 971. The van der Waals surface area contributed by atoms with Crippen LogP contribution >= 0.6 is 11.8 Å². The molecule has 0 aliphatic carbocycles. The van der Waals surface area contributed by atoms with Gasteiger partial charge < -0.3 is 10.7 Å². The van der Waals surface area contributed by atoms with Crippen molar-refractivity contribution in [3.63, 3.8) is 0 Å². The molecule has 2 aromatic carbocycles. The summed E-state index contributed by atoms with van der Waals surface area (Å²) < 4.78 is 14.9. The number of thioether (sulfide) groups is 1. The summed E-state index contributed by atoms with van der Waals surface area (Å²) in [4.78, 5) is 13.0. The molecule has 27 heavy (non-hydrogen) atoms. The first-order chi connectivity index (χ1) is 13.0. The minimum Gasteiger partial charge on any atom is -0.325 e. The van der Waals surface area contributed by atoms with Crippen LogP contribution in [-0.4, -0.2) is 26.0 Å². The summed E-state index contributed by atoms with van der Waals surface area (Å²) in [6.07, 6.45) is 0. The van der Waals surface area contributed by atoms with Crippen LogP contribution in [0.25, 0.3) is 0 Å². The van der Waals surface area contributed by atoms with Gasteiger partial charge in [-0.05, 0) is 43.7 Å². The molecule has 0 saturated carbocycles. The standard InChI is InChI=1S/C19H18FN5OS/c1-11-3-5-13(6-4-11)16-17(27-19-23-22-12(2)25(19)24-16)18(26)21-15-9-7-14(20)8-10-15/h3-10,16-17,24H,1-2H3,(H,21,26)/t16-,17-/m1/s1. The number of amides is 1. The van der Waals surface area contributed by atoms with Gasteiger partial charge in [-0.25, -0.2) is 9.07 Å². The molecule has 4 rings (SSSR count). The molecule has 2 heterocycles. The summed E-state index contributed by atoms with van der Waals surface area (Å²) in [5, 5.41) is 11.3. The molecule has 1 aliphatic heterocycles. The summed E-state index contributed by atoms with van der Waals surface area (Å²) in [7, 11) is 0. The molecule has 0 fully saturated rings. The van der Waals surface area contributed by atoms with E-state index in [0.717, 1.165) is 17.0 Å². The van der Waals surface area contributed by atoms with Gasteiger partial charge in [-0.1, -0.05) is 41.6 Å². The molecule has 0 bridgehead atoms. The highest BCUT2D eigenvalue weighted by molar-refractivity contribution is 8.00. The van der Waals surface area contributed by atoms with E-state index in [1.165, 1.54) is 23.9 Å². The van der Waals surface area contributed by atoms with E-state index in [2.05, 4.69) is 20.9 Å². The van der Waals surface area contributed by atoms with Crippen LogP contribution in [0.15, 0.2) is 53.7 Å². The van der Waals surface area contributed by atoms with Crippen molar-refractivity contribution in [1.82, 2.24) is 14.9 Å². The average molecular weight is 383 g/mol. The Balaban J connectivity index is 1.65. The van der Waals surface area contributed by atoms with Gasteiger partial charge in [0.25, 0.3) is 0 Å². The largest absolute Gasteiger partial charge is 0.325 e.